The van der Waals surface area contributed by atoms with Crippen LogP contribution in [-0.4, -0.2) is 83.0 Å². The third-order valence-electron chi connectivity index (χ3n) is 6.23. The van der Waals surface area contributed by atoms with E-state index in [-0.39, 0.29) is 24.7 Å². The number of carbonyl (C=O) groups is 1. The molecule has 4 aliphatic rings. The summed E-state index contributed by atoms with van der Waals surface area (Å²) < 4.78 is 27.7. The van der Waals surface area contributed by atoms with Crippen LogP contribution < -0.4 is 5.84 Å². The Labute approximate surface area is 174 Å². The van der Waals surface area contributed by atoms with Gasteiger partial charge in [-0.15, -0.1) is 0 Å². The Kier molecular flexibility index (Phi) is 9.14. The lowest BCUT2D eigenvalue weighted by Crippen LogP contribution is -2.52. The number of rotatable bonds is 15. The van der Waals surface area contributed by atoms with Crippen LogP contribution in [0.3, 0.4) is 0 Å². The molecule has 0 radical (unpaired) electrons. The van der Waals surface area contributed by atoms with Crippen molar-refractivity contribution in [3.8, 4) is 0 Å². The van der Waals surface area contributed by atoms with E-state index in [1.165, 1.54) is 43.5 Å². The topological polar surface area (TPSA) is 92.5 Å². The number of ether oxygens (including phenoxy) is 5. The molecule has 0 spiro atoms. The summed E-state index contributed by atoms with van der Waals surface area (Å²) in [5.41, 5.74) is 0.167. The standard InChI is InChI=1S/C21H38N2O6/c1-23(22)16-20(24)28-8-6-26-4-2-25-3-5-27-7-9-29-21-13-17-10-18(14-21)12-19(11-17)15-21/h17-19H,2-16,22H2,1H3. The Hall–Kier alpha value is -0.770. The van der Waals surface area contributed by atoms with Gasteiger partial charge in [-0.25, -0.2) is 5.01 Å². The minimum atomic E-state index is -0.362. The van der Waals surface area contributed by atoms with Crippen LogP contribution in [0.5, 0.6) is 0 Å². The molecule has 4 bridgehead atoms. The van der Waals surface area contributed by atoms with Crippen molar-refractivity contribution in [2.45, 2.75) is 44.1 Å². The first kappa shape index (κ1) is 22.9. The first-order valence-corrected chi connectivity index (χ1v) is 11.0. The van der Waals surface area contributed by atoms with Gasteiger partial charge in [0.2, 0.25) is 0 Å². The number of carbonyl (C=O) groups excluding carboxylic acids is 1. The van der Waals surface area contributed by atoms with Crippen LogP contribution in [0.15, 0.2) is 0 Å². The van der Waals surface area contributed by atoms with E-state index in [0.29, 0.717) is 46.2 Å². The van der Waals surface area contributed by atoms with Crippen LogP contribution in [0.2, 0.25) is 0 Å². The SMILES string of the molecule is CN(N)CC(=O)OCCOCCOCCOCCOC12CC3CC(CC(C3)C1)C2. The molecule has 0 saturated heterocycles. The second-order valence-corrected chi connectivity index (χ2v) is 8.92. The summed E-state index contributed by atoms with van der Waals surface area (Å²) in [6.07, 6.45) is 8.13. The smallest absolute Gasteiger partial charge is 0.321 e. The van der Waals surface area contributed by atoms with E-state index in [2.05, 4.69) is 0 Å². The molecule has 0 heterocycles. The number of likely N-dealkylation sites (N-methyl/N-ethyl adjacent to an activating group) is 1. The van der Waals surface area contributed by atoms with Gasteiger partial charge in [-0.05, 0) is 56.3 Å². The van der Waals surface area contributed by atoms with Crippen LogP contribution in [0.4, 0.5) is 0 Å². The Balaban J connectivity index is 1.08. The Bertz CT molecular complexity index is 466. The Morgan fingerprint density at radius 1 is 0.828 bits per heavy atom. The van der Waals surface area contributed by atoms with Crippen molar-refractivity contribution in [3.05, 3.63) is 0 Å². The van der Waals surface area contributed by atoms with Gasteiger partial charge in [0.25, 0.3) is 0 Å². The fourth-order valence-corrected chi connectivity index (χ4v) is 5.53. The molecule has 4 saturated carbocycles. The van der Waals surface area contributed by atoms with Crippen LogP contribution >= 0.6 is 0 Å². The maximum Gasteiger partial charge on any atom is 0.321 e. The van der Waals surface area contributed by atoms with E-state index < -0.39 is 0 Å². The van der Waals surface area contributed by atoms with Gasteiger partial charge in [0, 0.05) is 7.05 Å². The Morgan fingerprint density at radius 2 is 1.28 bits per heavy atom. The minimum absolute atomic E-state index is 0.0662. The van der Waals surface area contributed by atoms with Gasteiger partial charge >= 0.3 is 5.97 Å². The van der Waals surface area contributed by atoms with Crippen molar-refractivity contribution in [2.24, 2.45) is 23.6 Å². The summed E-state index contributed by atoms with van der Waals surface area (Å²) in [7, 11) is 1.61. The van der Waals surface area contributed by atoms with Gasteiger partial charge in [-0.2, -0.15) is 0 Å². The molecule has 0 aromatic rings. The molecule has 0 atom stereocenters. The lowest BCUT2D eigenvalue weighted by atomic mass is 9.54. The highest BCUT2D eigenvalue weighted by Gasteiger charge is 2.51. The number of hydrogen-bond donors (Lipinski definition) is 1. The first-order valence-electron chi connectivity index (χ1n) is 11.0. The molecule has 0 aromatic heterocycles. The van der Waals surface area contributed by atoms with E-state index in [4.69, 9.17) is 29.5 Å². The van der Waals surface area contributed by atoms with Gasteiger partial charge in [-0.3, -0.25) is 10.6 Å². The summed E-state index contributed by atoms with van der Waals surface area (Å²) >= 11 is 0. The zero-order valence-electron chi connectivity index (χ0n) is 17.8. The van der Waals surface area contributed by atoms with Crippen molar-refractivity contribution in [1.82, 2.24) is 5.01 Å². The van der Waals surface area contributed by atoms with Crippen molar-refractivity contribution in [3.63, 3.8) is 0 Å². The largest absolute Gasteiger partial charge is 0.462 e. The second-order valence-electron chi connectivity index (χ2n) is 8.92. The summed E-state index contributed by atoms with van der Waals surface area (Å²) in [6, 6.07) is 0. The molecule has 0 aromatic carbocycles. The lowest BCUT2D eigenvalue weighted by molar-refractivity contribution is -0.169. The molecule has 4 aliphatic carbocycles. The minimum Gasteiger partial charge on any atom is -0.462 e. The van der Waals surface area contributed by atoms with Crippen LogP contribution in [0.25, 0.3) is 0 Å². The first-order chi connectivity index (χ1) is 14.0. The maximum atomic E-state index is 11.2. The molecular formula is C21H38N2O6. The van der Waals surface area contributed by atoms with Crippen molar-refractivity contribution in [1.29, 1.82) is 0 Å². The Morgan fingerprint density at radius 3 is 1.76 bits per heavy atom. The van der Waals surface area contributed by atoms with Crippen molar-refractivity contribution in [2.75, 3.05) is 66.4 Å². The fourth-order valence-electron chi connectivity index (χ4n) is 5.53. The molecule has 4 rings (SSSR count). The molecule has 8 nitrogen and oxygen atoms in total. The predicted molar refractivity (Wildman–Crippen MR) is 107 cm³/mol. The summed E-state index contributed by atoms with van der Waals surface area (Å²) in [5, 5.41) is 1.27. The van der Waals surface area contributed by atoms with E-state index in [0.717, 1.165) is 17.8 Å². The molecule has 8 heteroatoms. The quantitative estimate of drug-likeness (QED) is 0.186. The molecule has 0 amide bonds. The highest BCUT2D eigenvalue weighted by atomic mass is 16.6. The third kappa shape index (κ3) is 7.77. The third-order valence-corrected chi connectivity index (χ3v) is 6.23. The van der Waals surface area contributed by atoms with Gasteiger partial charge in [0.1, 0.15) is 13.2 Å². The van der Waals surface area contributed by atoms with E-state index in [1.807, 2.05) is 0 Å². The predicted octanol–water partition coefficient (Wildman–Crippen LogP) is 1.37. The number of nitrogens with two attached hydrogens (primary N) is 1. The highest BCUT2D eigenvalue weighted by Crippen LogP contribution is 2.57. The summed E-state index contributed by atoms with van der Waals surface area (Å²) in [5.74, 6) is 7.74. The van der Waals surface area contributed by atoms with E-state index in [1.54, 1.807) is 7.05 Å². The van der Waals surface area contributed by atoms with Gasteiger partial charge < -0.3 is 23.7 Å². The molecule has 2 N–H and O–H groups in total. The van der Waals surface area contributed by atoms with Crippen molar-refractivity contribution >= 4 is 5.97 Å². The number of hydrogen-bond acceptors (Lipinski definition) is 8. The average Bonchev–Trinajstić information content (AvgIpc) is 2.63. The van der Waals surface area contributed by atoms with Gasteiger partial charge in [0.05, 0.1) is 51.8 Å². The second kappa shape index (κ2) is 11.6. The van der Waals surface area contributed by atoms with Crippen LogP contribution in [0, 0.1) is 17.8 Å². The van der Waals surface area contributed by atoms with Gasteiger partial charge in [0.15, 0.2) is 0 Å². The van der Waals surface area contributed by atoms with Crippen LogP contribution in [-0.2, 0) is 28.5 Å². The molecule has 0 aliphatic heterocycles. The fraction of sp³-hybridized carbons (Fsp3) is 0.952. The normalized spacial score (nSPS) is 30.2. The van der Waals surface area contributed by atoms with E-state index >= 15 is 0 Å². The molecule has 4 fully saturated rings. The number of esters is 1. The van der Waals surface area contributed by atoms with Gasteiger partial charge in [-0.1, -0.05) is 0 Å². The monoisotopic (exact) mass is 414 g/mol. The van der Waals surface area contributed by atoms with Crippen LogP contribution in [0.1, 0.15) is 38.5 Å². The highest BCUT2D eigenvalue weighted by molar-refractivity contribution is 5.71. The molecule has 29 heavy (non-hydrogen) atoms. The zero-order valence-corrected chi connectivity index (χ0v) is 17.8. The van der Waals surface area contributed by atoms with E-state index in [9.17, 15) is 4.79 Å². The summed E-state index contributed by atoms with van der Waals surface area (Å²) in [6.45, 7) is 4.01. The summed E-state index contributed by atoms with van der Waals surface area (Å²) in [4.78, 5) is 11.2. The number of nitrogens with zero attached hydrogens (tertiary/aromatic N) is 1. The lowest BCUT2D eigenvalue weighted by Gasteiger charge is -2.56. The van der Waals surface area contributed by atoms with Crippen molar-refractivity contribution < 1.29 is 28.5 Å². The maximum absolute atomic E-state index is 11.2. The number of hydrazine groups is 1. The molecule has 168 valence electrons. The molecule has 0 unspecified atom stereocenters. The average molecular weight is 415 g/mol. The molecular weight excluding hydrogens is 376 g/mol. The zero-order chi connectivity index (χ0) is 20.5.